The third-order valence-corrected chi connectivity index (χ3v) is 6.25. The Kier molecular flexibility index (Phi) is 2.92. The van der Waals surface area contributed by atoms with Gasteiger partial charge in [0.1, 0.15) is 0 Å². The van der Waals surface area contributed by atoms with Crippen LogP contribution >= 0.6 is 0 Å². The molecule has 3 rings (SSSR count). The molecule has 2 aromatic carbocycles. The van der Waals surface area contributed by atoms with E-state index in [1.54, 1.807) is 0 Å². The van der Waals surface area contributed by atoms with E-state index < -0.39 is 13.6 Å². The van der Waals surface area contributed by atoms with Crippen molar-refractivity contribution in [3.05, 3.63) is 63.4 Å². The molecule has 1 aliphatic heterocycles. The van der Waals surface area contributed by atoms with Gasteiger partial charge in [0.2, 0.25) is 0 Å². The van der Waals surface area contributed by atoms with E-state index in [4.69, 9.17) is 5.11 Å². The minimum absolute atomic E-state index is 0.0308. The van der Waals surface area contributed by atoms with Gasteiger partial charge in [0.25, 0.3) is 0 Å². The molecule has 3 nitrogen and oxygen atoms in total. The maximum absolute atomic E-state index is 12.4. The van der Waals surface area contributed by atoms with Crippen LogP contribution in [0.5, 0.6) is 0 Å². The summed E-state index contributed by atoms with van der Waals surface area (Å²) in [4.78, 5) is 0. The molecule has 0 amide bonds. The van der Waals surface area contributed by atoms with Gasteiger partial charge in [-0.1, -0.05) is 0 Å². The Morgan fingerprint density at radius 3 is 2.44 bits per heavy atom. The molecule has 0 bridgehead atoms. The van der Waals surface area contributed by atoms with E-state index >= 15 is 0 Å². The second-order valence-electron chi connectivity index (χ2n) is 4.13. The molecular weight excluding hydrogens is 293 g/mol. The second kappa shape index (κ2) is 4.58. The Bertz CT molecular complexity index is 746. The van der Waals surface area contributed by atoms with Gasteiger partial charge in [-0.25, -0.2) is 0 Å². The molecule has 0 saturated carbocycles. The zero-order valence-electron chi connectivity index (χ0n) is 9.65. The molecule has 1 atom stereocenters. The van der Waals surface area contributed by atoms with Crippen LogP contribution in [0, 0.1) is 4.06 Å². The molecule has 92 valence electrons. The van der Waals surface area contributed by atoms with Crippen molar-refractivity contribution in [1.29, 1.82) is 0 Å². The SMILES string of the molecule is O=[SeH]1=c2ccccc2=CN1c1ccc(CO)cc1. The fourth-order valence-electron chi connectivity index (χ4n) is 2.00. The maximum atomic E-state index is 12.4. The van der Waals surface area contributed by atoms with Gasteiger partial charge >= 0.3 is 108 Å². The van der Waals surface area contributed by atoms with Crippen molar-refractivity contribution in [2.45, 2.75) is 6.61 Å². The number of hydrogen-bond acceptors (Lipinski definition) is 2. The first-order valence-corrected chi connectivity index (χ1v) is 8.24. The summed E-state index contributed by atoms with van der Waals surface area (Å²) >= 11 is -2.42. The predicted molar refractivity (Wildman–Crippen MR) is 72.0 cm³/mol. The molecule has 1 heterocycles. The normalized spacial score (nSPS) is 17.4. The first-order chi connectivity index (χ1) is 8.79. The number of aliphatic hydroxyl groups excluding tert-OH is 1. The number of rotatable bonds is 2. The minimum atomic E-state index is -2.42. The van der Waals surface area contributed by atoms with Gasteiger partial charge < -0.3 is 0 Å². The van der Waals surface area contributed by atoms with E-state index in [0.717, 1.165) is 20.5 Å². The number of aliphatic hydroxyl groups is 1. The molecule has 0 aliphatic carbocycles. The third-order valence-electron chi connectivity index (χ3n) is 2.98. The van der Waals surface area contributed by atoms with Gasteiger partial charge in [0.05, 0.1) is 0 Å². The monoisotopic (exact) mass is 307 g/mol. The average molecular weight is 306 g/mol. The van der Waals surface area contributed by atoms with Crippen molar-refractivity contribution in [3.8, 4) is 0 Å². The molecule has 0 radical (unpaired) electrons. The zero-order chi connectivity index (χ0) is 12.5. The summed E-state index contributed by atoms with van der Waals surface area (Å²) < 4.78 is 15.2. The van der Waals surface area contributed by atoms with E-state index in [9.17, 15) is 3.83 Å². The van der Waals surface area contributed by atoms with Crippen molar-refractivity contribution >= 4 is 25.5 Å². The van der Waals surface area contributed by atoms with Crippen molar-refractivity contribution in [1.82, 2.24) is 0 Å². The summed E-state index contributed by atoms with van der Waals surface area (Å²) in [5, 5.41) is 10.1. The van der Waals surface area contributed by atoms with Crippen LogP contribution in [0.3, 0.4) is 0 Å². The number of hydrogen-bond donors (Lipinski definition) is 1. The Hall–Kier alpha value is -1.61. The molecule has 18 heavy (non-hydrogen) atoms. The topological polar surface area (TPSA) is 40.5 Å². The van der Waals surface area contributed by atoms with Crippen LogP contribution in [0.4, 0.5) is 5.69 Å². The van der Waals surface area contributed by atoms with Crippen LogP contribution in [-0.4, -0.2) is 18.7 Å². The van der Waals surface area contributed by atoms with Crippen molar-refractivity contribution < 1.29 is 8.94 Å². The number of nitrogens with zero attached hydrogens (tertiary/aromatic N) is 1. The molecule has 0 spiro atoms. The first-order valence-electron chi connectivity index (χ1n) is 5.70. The van der Waals surface area contributed by atoms with E-state index in [-0.39, 0.29) is 6.61 Å². The predicted octanol–water partition coefficient (Wildman–Crippen LogP) is 0.921. The molecule has 0 aromatic heterocycles. The van der Waals surface area contributed by atoms with E-state index in [2.05, 4.69) is 0 Å². The van der Waals surface area contributed by atoms with Gasteiger partial charge in [0.15, 0.2) is 0 Å². The summed E-state index contributed by atoms with van der Waals surface area (Å²) in [6, 6.07) is 15.3. The number of fused-ring (bicyclic) bond motifs is 1. The van der Waals surface area contributed by atoms with Crippen LogP contribution in [0.25, 0.3) is 6.20 Å². The average Bonchev–Trinajstić information content (AvgIpc) is 2.77. The van der Waals surface area contributed by atoms with Crippen molar-refractivity contribution in [2.75, 3.05) is 3.92 Å². The van der Waals surface area contributed by atoms with Gasteiger partial charge in [-0.05, 0) is 0 Å². The van der Waals surface area contributed by atoms with Gasteiger partial charge in [-0.3, -0.25) is 0 Å². The summed E-state index contributed by atoms with van der Waals surface area (Å²) in [6.45, 7) is 0.0308. The van der Waals surface area contributed by atoms with E-state index in [1.807, 2.05) is 58.6 Å². The van der Waals surface area contributed by atoms with Gasteiger partial charge in [-0.15, -0.1) is 0 Å². The van der Waals surface area contributed by atoms with E-state index in [1.165, 1.54) is 0 Å². The van der Waals surface area contributed by atoms with Crippen LogP contribution in [0.1, 0.15) is 5.56 Å². The summed E-state index contributed by atoms with van der Waals surface area (Å²) in [5.74, 6) is 0. The zero-order valence-corrected chi connectivity index (χ0v) is 11.5. The van der Waals surface area contributed by atoms with E-state index in [0.29, 0.717) is 0 Å². The quantitative estimate of drug-likeness (QED) is 0.839. The Morgan fingerprint density at radius 1 is 1.06 bits per heavy atom. The molecule has 0 fully saturated rings. The van der Waals surface area contributed by atoms with Gasteiger partial charge in [-0.2, -0.15) is 0 Å². The number of benzene rings is 2. The summed E-state index contributed by atoms with van der Waals surface area (Å²) in [5.41, 5.74) is 1.78. The number of anilines is 1. The van der Waals surface area contributed by atoms with Crippen LogP contribution in [-0.2, 0) is 10.4 Å². The van der Waals surface area contributed by atoms with Gasteiger partial charge in [0, 0.05) is 0 Å². The fraction of sp³-hybridized carbons (Fsp3) is 0.0714. The molecule has 2 aromatic rings. The third kappa shape index (κ3) is 1.85. The molecule has 4 heteroatoms. The van der Waals surface area contributed by atoms with Crippen LogP contribution in [0.15, 0.2) is 48.5 Å². The second-order valence-corrected chi connectivity index (χ2v) is 7.19. The first kappa shape index (κ1) is 11.5. The Balaban J connectivity index is 2.10. The summed E-state index contributed by atoms with van der Waals surface area (Å²) in [6.07, 6.45) is 1.94. The van der Waals surface area contributed by atoms with Crippen molar-refractivity contribution in [3.63, 3.8) is 0 Å². The Morgan fingerprint density at radius 2 is 1.78 bits per heavy atom. The molecule has 1 unspecified atom stereocenters. The van der Waals surface area contributed by atoms with Crippen LogP contribution in [0.2, 0.25) is 0 Å². The van der Waals surface area contributed by atoms with Crippen molar-refractivity contribution in [2.24, 2.45) is 0 Å². The molecule has 1 aliphatic rings. The molecule has 0 saturated heterocycles. The molecule has 1 N–H and O–H groups in total. The standard InChI is InChI=1S/C14H13NO2Se/c16-10-11-5-7-13(8-6-11)15-9-12-3-1-2-4-14(12)18(15)17/h1-9,16,18H,10H2. The Labute approximate surface area is 108 Å². The molecular formula is C14H13NO2Se. The van der Waals surface area contributed by atoms with Crippen LogP contribution < -0.4 is 9.13 Å². The fourth-order valence-corrected chi connectivity index (χ4v) is 4.88. The summed E-state index contributed by atoms with van der Waals surface area (Å²) in [7, 11) is 0.